The van der Waals surface area contributed by atoms with Gasteiger partial charge in [0.05, 0.1) is 0 Å². The van der Waals surface area contributed by atoms with Crippen molar-refractivity contribution in [3.8, 4) is 0 Å². The Morgan fingerprint density at radius 1 is 0.153 bits per heavy atom. The minimum atomic E-state index is -0.446. The number of hydrogen-bond acceptors (Lipinski definition) is 0. The molecule has 0 radical (unpaired) electrons. The molecule has 0 bridgehead atoms. The van der Waals surface area contributed by atoms with E-state index in [1.165, 1.54) is 47.7 Å². The van der Waals surface area contributed by atoms with Gasteiger partial charge in [0, 0.05) is 0 Å². The quantitative estimate of drug-likeness (QED) is 0.0809. The van der Waals surface area contributed by atoms with Crippen LogP contribution in [0.5, 0.6) is 0 Å². The Hall–Kier alpha value is -4.48. The first-order valence-corrected chi connectivity index (χ1v) is 23.2. The van der Waals surface area contributed by atoms with E-state index >= 15 is 0 Å². The summed E-state index contributed by atoms with van der Waals surface area (Å²) in [7, 11) is -1.34. The molecule has 0 nitrogen and oxygen atoms in total. The van der Waals surface area contributed by atoms with E-state index < -0.39 is 23.8 Å². The van der Waals surface area contributed by atoms with Crippen LogP contribution in [0.1, 0.15) is 0 Å². The Labute approximate surface area is 382 Å². The maximum atomic E-state index is 2.23. The van der Waals surface area contributed by atoms with Gasteiger partial charge in [0.15, 0.2) is 0 Å². The number of hydrogen-bond donors (Lipinski definition) is 0. The fourth-order valence-corrected chi connectivity index (χ4v) is 13.5. The van der Waals surface area contributed by atoms with Crippen molar-refractivity contribution in [3.63, 3.8) is 0 Å². The minimum absolute atomic E-state index is 0. The Morgan fingerprint density at radius 2 is 0.237 bits per heavy atom. The molecule has 294 valence electrons. The molecular weight excluding hydrogens is 932 g/mol. The van der Waals surface area contributed by atoms with Crippen molar-refractivity contribution >= 4 is 71.5 Å². The van der Waals surface area contributed by atoms with Crippen molar-refractivity contribution in [2.75, 3.05) is 0 Å². The standard InChI is InChI=1S/3C18H15P.Cu.HI/c3*1-4-10-16(11-5-1)19(17-12-6-2-7-13-17)18-14-8-3-9-15-18;;/h3*1-15H;;1H/q;;;+1;/p-1. The summed E-state index contributed by atoms with van der Waals surface area (Å²) < 4.78 is 0. The number of rotatable bonds is 9. The zero-order valence-electron chi connectivity index (χ0n) is 32.5. The van der Waals surface area contributed by atoms with Crippen LogP contribution in [-0.4, -0.2) is 0 Å². The van der Waals surface area contributed by atoms with Gasteiger partial charge in [-0.05, 0) is 71.5 Å². The van der Waals surface area contributed by atoms with Gasteiger partial charge in [-0.2, -0.15) is 0 Å². The zero-order valence-corrected chi connectivity index (χ0v) is 38.3. The Balaban J connectivity index is 0.000000165. The van der Waals surface area contributed by atoms with Crippen molar-refractivity contribution in [3.05, 3.63) is 273 Å². The molecule has 9 aromatic carbocycles. The van der Waals surface area contributed by atoms with Crippen LogP contribution in [-0.2, 0) is 17.1 Å². The summed E-state index contributed by atoms with van der Waals surface area (Å²) in [6, 6.07) is 97.0. The summed E-state index contributed by atoms with van der Waals surface area (Å²) in [6.45, 7) is 0. The molecule has 0 amide bonds. The molecule has 0 aliphatic carbocycles. The van der Waals surface area contributed by atoms with Crippen LogP contribution >= 0.6 is 23.8 Å². The molecule has 9 rings (SSSR count). The number of benzene rings is 9. The number of halogens is 1. The summed E-state index contributed by atoms with van der Waals surface area (Å²) in [4.78, 5) is 0. The van der Waals surface area contributed by atoms with Crippen molar-refractivity contribution in [1.29, 1.82) is 0 Å². The van der Waals surface area contributed by atoms with Crippen LogP contribution in [0.15, 0.2) is 273 Å². The van der Waals surface area contributed by atoms with Crippen LogP contribution in [0.3, 0.4) is 0 Å². The minimum Gasteiger partial charge on any atom is -1.00 e. The normalized spacial score (nSPS) is 10.2. The molecule has 0 saturated carbocycles. The second-order valence-corrected chi connectivity index (χ2v) is 19.7. The van der Waals surface area contributed by atoms with E-state index in [1.807, 2.05) is 0 Å². The van der Waals surface area contributed by atoms with Gasteiger partial charge in [-0.1, -0.05) is 273 Å². The molecule has 0 aliphatic heterocycles. The summed E-state index contributed by atoms with van der Waals surface area (Å²) in [5.41, 5.74) is 0. The van der Waals surface area contributed by atoms with Crippen molar-refractivity contribution in [1.82, 2.24) is 0 Å². The predicted molar refractivity (Wildman–Crippen MR) is 255 cm³/mol. The third-order valence-corrected chi connectivity index (χ3v) is 16.5. The Kier molecular flexibility index (Phi) is 19.5. The first-order chi connectivity index (χ1) is 28.3. The van der Waals surface area contributed by atoms with Gasteiger partial charge in [-0.25, -0.2) is 0 Å². The SMILES string of the molecule is [Cu+].[I-].c1ccc(P(c2ccccc2)c2ccccc2)cc1.c1ccc(P(c2ccccc2)c2ccccc2)cc1.c1ccc(P(c2ccccc2)c2ccccc2)cc1. The van der Waals surface area contributed by atoms with E-state index in [0.29, 0.717) is 0 Å². The van der Waals surface area contributed by atoms with Crippen LogP contribution in [0, 0.1) is 0 Å². The zero-order chi connectivity index (χ0) is 38.7. The monoisotopic (exact) mass is 976 g/mol. The van der Waals surface area contributed by atoms with E-state index in [1.54, 1.807) is 0 Å². The van der Waals surface area contributed by atoms with E-state index in [9.17, 15) is 0 Å². The average molecular weight is 977 g/mol. The first-order valence-electron chi connectivity index (χ1n) is 19.2. The third kappa shape index (κ3) is 13.3. The summed E-state index contributed by atoms with van der Waals surface area (Å²) in [5.74, 6) is 0. The summed E-state index contributed by atoms with van der Waals surface area (Å²) in [5, 5.41) is 12.6. The van der Waals surface area contributed by atoms with Gasteiger partial charge >= 0.3 is 17.1 Å². The maximum absolute atomic E-state index is 2.23. The summed E-state index contributed by atoms with van der Waals surface area (Å²) in [6.07, 6.45) is 0. The van der Waals surface area contributed by atoms with Gasteiger partial charge in [-0.3, -0.25) is 0 Å². The molecule has 0 atom stereocenters. The van der Waals surface area contributed by atoms with Crippen LogP contribution < -0.4 is 71.7 Å². The third-order valence-electron chi connectivity index (χ3n) is 9.13. The summed E-state index contributed by atoms with van der Waals surface area (Å²) >= 11 is 0. The van der Waals surface area contributed by atoms with Gasteiger partial charge in [0.2, 0.25) is 0 Å². The predicted octanol–water partition coefficient (Wildman–Crippen LogP) is 7.34. The average Bonchev–Trinajstić information content (AvgIpc) is 3.30. The first kappa shape index (κ1) is 45.6. The smallest absolute Gasteiger partial charge is 1.00 e. The topological polar surface area (TPSA) is 0 Å². The van der Waals surface area contributed by atoms with Crippen molar-refractivity contribution < 1.29 is 41.0 Å². The van der Waals surface area contributed by atoms with E-state index in [-0.39, 0.29) is 41.0 Å². The van der Waals surface area contributed by atoms with E-state index in [2.05, 4.69) is 273 Å². The second kappa shape index (κ2) is 25.2. The van der Waals surface area contributed by atoms with Gasteiger partial charge in [0.1, 0.15) is 0 Å². The molecular formula is C54H45CuIP3. The van der Waals surface area contributed by atoms with Gasteiger partial charge in [-0.15, -0.1) is 0 Å². The van der Waals surface area contributed by atoms with Crippen LogP contribution in [0.4, 0.5) is 0 Å². The van der Waals surface area contributed by atoms with E-state index in [0.717, 1.165) is 0 Å². The molecule has 0 saturated heterocycles. The largest absolute Gasteiger partial charge is 1.00 e. The molecule has 0 N–H and O–H groups in total. The van der Waals surface area contributed by atoms with Crippen LogP contribution in [0.2, 0.25) is 0 Å². The maximum Gasteiger partial charge on any atom is 1.00 e. The fraction of sp³-hybridized carbons (Fsp3) is 0. The molecule has 0 heterocycles. The molecule has 0 aliphatic rings. The molecule has 0 unspecified atom stereocenters. The molecule has 0 aromatic heterocycles. The molecule has 0 spiro atoms. The molecule has 5 heteroatoms. The Bertz CT molecular complexity index is 1870. The Morgan fingerprint density at radius 3 is 0.322 bits per heavy atom. The van der Waals surface area contributed by atoms with Crippen LogP contribution in [0.25, 0.3) is 0 Å². The van der Waals surface area contributed by atoms with Gasteiger partial charge < -0.3 is 24.0 Å². The van der Waals surface area contributed by atoms with Gasteiger partial charge in [0.25, 0.3) is 0 Å². The molecule has 9 aromatic rings. The fourth-order valence-electron chi connectivity index (χ4n) is 6.54. The molecule has 0 fully saturated rings. The van der Waals surface area contributed by atoms with Crippen molar-refractivity contribution in [2.45, 2.75) is 0 Å². The molecule has 59 heavy (non-hydrogen) atoms. The van der Waals surface area contributed by atoms with E-state index in [4.69, 9.17) is 0 Å². The van der Waals surface area contributed by atoms with Crippen molar-refractivity contribution in [2.24, 2.45) is 0 Å². The second-order valence-electron chi connectivity index (χ2n) is 13.0.